The zero-order chi connectivity index (χ0) is 11.6. The van der Waals surface area contributed by atoms with Crippen molar-refractivity contribution in [2.24, 2.45) is 0 Å². The highest BCUT2D eigenvalue weighted by Gasteiger charge is 2.19. The number of nitrogens with zero attached hydrogens (tertiary/aromatic N) is 1. The highest BCUT2D eigenvalue weighted by atomic mass is 35.5. The number of halogens is 3. The van der Waals surface area contributed by atoms with E-state index in [0.29, 0.717) is 0 Å². The van der Waals surface area contributed by atoms with Crippen molar-refractivity contribution in [1.82, 2.24) is 0 Å². The number of hydrogen-bond donors (Lipinski definition) is 0. The molecule has 0 aromatic heterocycles. The number of nitro groups is 1. The van der Waals surface area contributed by atoms with E-state index in [1.165, 1.54) is 6.07 Å². The molecule has 1 rings (SSSR count). The van der Waals surface area contributed by atoms with Crippen molar-refractivity contribution < 1.29 is 9.72 Å². The predicted octanol–water partition coefficient (Wildman–Crippen LogP) is 3.32. The first-order valence-electron chi connectivity index (χ1n) is 3.70. The van der Waals surface area contributed by atoms with Gasteiger partial charge in [-0.25, -0.2) is 0 Å². The van der Waals surface area contributed by atoms with Crippen LogP contribution in [0.2, 0.25) is 10.0 Å². The van der Waals surface area contributed by atoms with Crippen LogP contribution in [0.5, 0.6) is 0 Å². The van der Waals surface area contributed by atoms with E-state index in [0.717, 1.165) is 6.07 Å². The lowest BCUT2D eigenvalue weighted by molar-refractivity contribution is -0.384. The predicted molar refractivity (Wildman–Crippen MR) is 58.2 cm³/mol. The van der Waals surface area contributed by atoms with E-state index in [4.69, 9.17) is 34.8 Å². The Labute approximate surface area is 99.9 Å². The Bertz CT molecular complexity index is 433. The largest absolute Gasteiger partial charge is 0.293 e. The highest BCUT2D eigenvalue weighted by Crippen LogP contribution is 2.33. The van der Waals surface area contributed by atoms with Crippen LogP contribution < -0.4 is 0 Å². The van der Waals surface area contributed by atoms with Gasteiger partial charge in [0.25, 0.3) is 5.69 Å². The van der Waals surface area contributed by atoms with Crippen LogP contribution in [-0.2, 0) is 0 Å². The molecule has 80 valence electrons. The first-order chi connectivity index (χ1) is 6.97. The van der Waals surface area contributed by atoms with Gasteiger partial charge in [0, 0.05) is 11.6 Å². The summed E-state index contributed by atoms with van der Waals surface area (Å²) < 4.78 is 0. The minimum Gasteiger partial charge on any atom is -0.293 e. The fourth-order valence-electron chi connectivity index (χ4n) is 0.946. The van der Waals surface area contributed by atoms with E-state index in [1.54, 1.807) is 0 Å². The van der Waals surface area contributed by atoms with Crippen molar-refractivity contribution in [3.8, 4) is 0 Å². The van der Waals surface area contributed by atoms with Crippen molar-refractivity contribution in [2.45, 2.75) is 0 Å². The summed E-state index contributed by atoms with van der Waals surface area (Å²) >= 11 is 16.5. The van der Waals surface area contributed by atoms with E-state index in [-0.39, 0.29) is 21.5 Å². The molecule has 0 radical (unpaired) electrons. The third kappa shape index (κ3) is 2.59. The number of alkyl halides is 1. The van der Waals surface area contributed by atoms with Gasteiger partial charge in [0.05, 0.1) is 15.8 Å². The summed E-state index contributed by atoms with van der Waals surface area (Å²) in [6.07, 6.45) is 0. The SMILES string of the molecule is O=C(CCl)c1cc(Cl)c(Cl)c([N+](=O)[O-])c1. The zero-order valence-electron chi connectivity index (χ0n) is 7.17. The molecular weight excluding hydrogens is 264 g/mol. The summed E-state index contributed by atoms with van der Waals surface area (Å²) in [7, 11) is 0. The molecule has 0 saturated heterocycles. The zero-order valence-corrected chi connectivity index (χ0v) is 9.44. The maximum atomic E-state index is 11.2. The molecular formula is C8H4Cl3NO3. The summed E-state index contributed by atoms with van der Waals surface area (Å²) in [5.41, 5.74) is -0.330. The Hall–Kier alpha value is -0.840. The van der Waals surface area contributed by atoms with Gasteiger partial charge in [0.2, 0.25) is 0 Å². The number of carbonyl (C=O) groups excluding carboxylic acids is 1. The fraction of sp³-hybridized carbons (Fsp3) is 0.125. The molecule has 0 unspecified atom stereocenters. The lowest BCUT2D eigenvalue weighted by atomic mass is 10.1. The summed E-state index contributed by atoms with van der Waals surface area (Å²) in [6, 6.07) is 2.31. The van der Waals surface area contributed by atoms with Crippen molar-refractivity contribution >= 4 is 46.3 Å². The Kier molecular flexibility index (Phi) is 3.90. The maximum absolute atomic E-state index is 11.2. The summed E-state index contributed by atoms with van der Waals surface area (Å²) in [4.78, 5) is 21.0. The van der Waals surface area contributed by atoms with Crippen molar-refractivity contribution in [3.05, 3.63) is 37.9 Å². The van der Waals surface area contributed by atoms with E-state index < -0.39 is 16.4 Å². The minimum atomic E-state index is -0.709. The second-order valence-corrected chi connectivity index (χ2v) is 3.66. The van der Waals surface area contributed by atoms with Gasteiger partial charge in [-0.3, -0.25) is 14.9 Å². The Morgan fingerprint density at radius 2 is 2.00 bits per heavy atom. The monoisotopic (exact) mass is 267 g/mol. The molecule has 0 aliphatic rings. The van der Waals surface area contributed by atoms with Crippen molar-refractivity contribution in [1.29, 1.82) is 0 Å². The molecule has 0 N–H and O–H groups in total. The van der Waals surface area contributed by atoms with Crippen molar-refractivity contribution in [3.63, 3.8) is 0 Å². The van der Waals surface area contributed by atoms with Crippen LogP contribution in [-0.4, -0.2) is 16.6 Å². The number of hydrogen-bond acceptors (Lipinski definition) is 3. The Morgan fingerprint density at radius 3 is 2.47 bits per heavy atom. The van der Waals surface area contributed by atoms with Crippen LogP contribution in [0, 0.1) is 10.1 Å². The summed E-state index contributed by atoms with van der Waals surface area (Å²) in [5.74, 6) is -0.715. The molecule has 4 nitrogen and oxygen atoms in total. The topological polar surface area (TPSA) is 60.2 Å². The molecule has 1 aromatic rings. The normalized spacial score (nSPS) is 10.1. The van der Waals surface area contributed by atoms with Crippen LogP contribution in [0.4, 0.5) is 5.69 Å². The third-order valence-corrected chi connectivity index (χ3v) is 2.68. The number of carbonyl (C=O) groups is 1. The standard InChI is InChI=1S/C8H4Cl3NO3/c9-3-7(13)4-1-5(10)8(11)6(2-4)12(14)15/h1-2H,3H2. The molecule has 1 aromatic carbocycles. The molecule has 0 saturated carbocycles. The van der Waals surface area contributed by atoms with Gasteiger partial charge in [0.15, 0.2) is 5.78 Å². The van der Waals surface area contributed by atoms with Gasteiger partial charge in [-0.15, -0.1) is 11.6 Å². The van der Waals surface area contributed by atoms with Crippen LogP contribution in [0.15, 0.2) is 12.1 Å². The molecule has 0 spiro atoms. The Morgan fingerprint density at radius 1 is 1.40 bits per heavy atom. The van der Waals surface area contributed by atoms with Gasteiger partial charge in [0.1, 0.15) is 5.02 Å². The lowest BCUT2D eigenvalue weighted by Gasteiger charge is -2.01. The van der Waals surface area contributed by atoms with Gasteiger partial charge in [-0.05, 0) is 6.07 Å². The molecule has 0 amide bonds. The van der Waals surface area contributed by atoms with Gasteiger partial charge < -0.3 is 0 Å². The van der Waals surface area contributed by atoms with Gasteiger partial charge >= 0.3 is 0 Å². The van der Waals surface area contributed by atoms with Gasteiger partial charge in [-0.1, -0.05) is 23.2 Å². The highest BCUT2D eigenvalue weighted by molar-refractivity contribution is 6.43. The lowest BCUT2D eigenvalue weighted by Crippen LogP contribution is -2.02. The number of rotatable bonds is 3. The maximum Gasteiger partial charge on any atom is 0.290 e. The van der Waals surface area contributed by atoms with Crippen LogP contribution in [0.25, 0.3) is 0 Å². The number of nitro benzene ring substituents is 1. The third-order valence-electron chi connectivity index (χ3n) is 1.65. The average molecular weight is 268 g/mol. The van der Waals surface area contributed by atoms with E-state index >= 15 is 0 Å². The Balaban J connectivity index is 3.35. The molecule has 0 fully saturated rings. The molecule has 7 heteroatoms. The molecule has 0 aliphatic carbocycles. The summed E-state index contributed by atoms with van der Waals surface area (Å²) in [6.45, 7) is 0. The van der Waals surface area contributed by atoms with E-state index in [2.05, 4.69) is 0 Å². The average Bonchev–Trinajstić information content (AvgIpc) is 2.20. The second kappa shape index (κ2) is 4.79. The quantitative estimate of drug-likeness (QED) is 0.366. The van der Waals surface area contributed by atoms with E-state index in [9.17, 15) is 14.9 Å². The molecule has 0 bridgehead atoms. The van der Waals surface area contributed by atoms with Crippen molar-refractivity contribution in [2.75, 3.05) is 5.88 Å². The second-order valence-electron chi connectivity index (χ2n) is 2.61. The van der Waals surface area contributed by atoms with Crippen LogP contribution in [0.1, 0.15) is 10.4 Å². The van der Waals surface area contributed by atoms with Crippen LogP contribution >= 0.6 is 34.8 Å². The molecule has 15 heavy (non-hydrogen) atoms. The van der Waals surface area contributed by atoms with Gasteiger partial charge in [-0.2, -0.15) is 0 Å². The molecule has 0 atom stereocenters. The number of Topliss-reactive ketones (excluding diaryl/α,β-unsaturated/α-hetero) is 1. The number of ketones is 1. The molecule has 0 heterocycles. The number of benzene rings is 1. The first kappa shape index (κ1) is 12.2. The first-order valence-corrected chi connectivity index (χ1v) is 4.99. The van der Waals surface area contributed by atoms with Crippen LogP contribution in [0.3, 0.4) is 0 Å². The summed E-state index contributed by atoms with van der Waals surface area (Å²) in [5, 5.41) is 10.3. The fourth-order valence-corrected chi connectivity index (χ4v) is 1.49. The molecule has 0 aliphatic heterocycles. The van der Waals surface area contributed by atoms with E-state index in [1.807, 2.05) is 0 Å². The minimum absolute atomic E-state index is 0.0423. The smallest absolute Gasteiger partial charge is 0.290 e.